The van der Waals surface area contributed by atoms with Gasteiger partial charge in [0.2, 0.25) is 0 Å². The monoisotopic (exact) mass is 411 g/mol. The van der Waals surface area contributed by atoms with Crippen LogP contribution in [0, 0.1) is 5.41 Å². The molecule has 1 atom stereocenters. The lowest BCUT2D eigenvalue weighted by Crippen LogP contribution is -2.35. The summed E-state index contributed by atoms with van der Waals surface area (Å²) in [5.74, 6) is -0.764. The second-order valence-electron chi connectivity index (χ2n) is 9.09. The van der Waals surface area contributed by atoms with Gasteiger partial charge >= 0.3 is 11.9 Å². The molecule has 0 aromatic heterocycles. The Morgan fingerprint density at radius 2 is 1.45 bits per heavy atom. The Morgan fingerprint density at radius 3 is 1.90 bits per heavy atom. The van der Waals surface area contributed by atoms with Gasteiger partial charge in [-0.1, -0.05) is 6.08 Å². The van der Waals surface area contributed by atoms with E-state index in [1.54, 1.807) is 60.6 Å². The fourth-order valence-electron chi connectivity index (χ4n) is 2.53. The highest BCUT2D eigenvalue weighted by Crippen LogP contribution is 2.35. The van der Waals surface area contributed by atoms with Gasteiger partial charge in [0.1, 0.15) is 17.0 Å². The van der Waals surface area contributed by atoms with E-state index in [1.807, 2.05) is 0 Å². The SMILES string of the molecule is CC(C)(C)OC(=O)COC1=C(OCC(=O)OC(C)(C)C)CC(C)(C(=O)CN)C=C1. The van der Waals surface area contributed by atoms with Crippen molar-refractivity contribution in [1.29, 1.82) is 0 Å². The molecule has 0 aromatic rings. The summed E-state index contributed by atoms with van der Waals surface area (Å²) in [7, 11) is 0. The third-order valence-electron chi connectivity index (χ3n) is 3.78. The number of allylic oxidation sites excluding steroid dienone is 3. The van der Waals surface area contributed by atoms with Crippen molar-refractivity contribution in [3.63, 3.8) is 0 Å². The predicted octanol–water partition coefficient (Wildman–Crippen LogP) is 2.41. The Kier molecular flexibility index (Phi) is 8.03. The average molecular weight is 411 g/mol. The minimum Gasteiger partial charge on any atom is -0.482 e. The maximum atomic E-state index is 12.2. The summed E-state index contributed by atoms with van der Waals surface area (Å²) in [6, 6.07) is 0. The molecule has 0 heterocycles. The van der Waals surface area contributed by atoms with Crippen molar-refractivity contribution in [2.24, 2.45) is 11.1 Å². The van der Waals surface area contributed by atoms with Gasteiger partial charge in [0.15, 0.2) is 24.8 Å². The first-order chi connectivity index (χ1) is 13.1. The summed E-state index contributed by atoms with van der Waals surface area (Å²) in [4.78, 5) is 36.2. The molecule has 8 nitrogen and oxygen atoms in total. The highest BCUT2D eigenvalue weighted by molar-refractivity contribution is 5.88. The molecule has 0 aliphatic heterocycles. The summed E-state index contributed by atoms with van der Waals surface area (Å²) >= 11 is 0. The topological polar surface area (TPSA) is 114 Å². The van der Waals surface area contributed by atoms with Crippen molar-refractivity contribution in [3.05, 3.63) is 23.7 Å². The van der Waals surface area contributed by atoms with Gasteiger partial charge in [0, 0.05) is 6.42 Å². The van der Waals surface area contributed by atoms with Gasteiger partial charge in [0.25, 0.3) is 0 Å². The van der Waals surface area contributed by atoms with Crippen LogP contribution in [0.15, 0.2) is 23.7 Å². The van der Waals surface area contributed by atoms with Crippen molar-refractivity contribution in [3.8, 4) is 0 Å². The molecule has 8 heteroatoms. The largest absolute Gasteiger partial charge is 0.482 e. The summed E-state index contributed by atoms with van der Waals surface area (Å²) in [6.45, 7) is 11.4. The first-order valence-electron chi connectivity index (χ1n) is 9.50. The number of esters is 2. The van der Waals surface area contributed by atoms with E-state index in [0.717, 1.165) is 0 Å². The Hall–Kier alpha value is -2.35. The number of carbonyl (C=O) groups excluding carboxylic acids is 3. The molecule has 0 aromatic carbocycles. The fourth-order valence-corrected chi connectivity index (χ4v) is 2.53. The molecule has 0 saturated heterocycles. The van der Waals surface area contributed by atoms with E-state index in [1.165, 1.54) is 0 Å². The maximum Gasteiger partial charge on any atom is 0.344 e. The number of ketones is 1. The lowest BCUT2D eigenvalue weighted by atomic mass is 9.78. The zero-order chi connectivity index (χ0) is 22.5. The molecular formula is C21H33NO7. The van der Waals surface area contributed by atoms with Crippen LogP contribution >= 0.6 is 0 Å². The first-order valence-corrected chi connectivity index (χ1v) is 9.50. The van der Waals surface area contributed by atoms with E-state index >= 15 is 0 Å². The molecule has 0 radical (unpaired) electrons. The van der Waals surface area contributed by atoms with E-state index in [9.17, 15) is 14.4 Å². The van der Waals surface area contributed by atoms with Crippen molar-refractivity contribution < 1.29 is 33.3 Å². The standard InChI is InChI=1S/C21H33NO7/c1-19(2,3)28-17(24)12-26-14-8-9-21(7,16(23)11-22)10-15(14)27-13-18(25)29-20(4,5)6/h8-9H,10-13,22H2,1-7H3. The normalized spacial score (nSPS) is 19.6. The zero-order valence-corrected chi connectivity index (χ0v) is 18.4. The van der Waals surface area contributed by atoms with Crippen LogP contribution in [0.1, 0.15) is 54.9 Å². The number of nitrogens with two attached hydrogens (primary N) is 1. The van der Waals surface area contributed by atoms with Gasteiger partial charge in [-0.05, 0) is 54.5 Å². The molecule has 2 N–H and O–H groups in total. The first kappa shape index (κ1) is 24.7. The van der Waals surface area contributed by atoms with Gasteiger partial charge in [-0.3, -0.25) is 4.79 Å². The molecule has 1 rings (SSSR count). The van der Waals surface area contributed by atoms with Crippen LogP contribution < -0.4 is 5.73 Å². The van der Waals surface area contributed by atoms with Crippen LogP contribution in [0.3, 0.4) is 0 Å². The number of hydrogen-bond acceptors (Lipinski definition) is 8. The van der Waals surface area contributed by atoms with E-state index in [4.69, 9.17) is 24.7 Å². The predicted molar refractivity (Wildman–Crippen MR) is 107 cm³/mol. The molecule has 1 aliphatic carbocycles. The molecule has 0 saturated carbocycles. The number of rotatable bonds is 8. The van der Waals surface area contributed by atoms with Gasteiger partial charge < -0.3 is 24.7 Å². The van der Waals surface area contributed by atoms with Crippen LogP contribution in [-0.4, -0.2) is 48.7 Å². The Bertz CT molecular complexity index is 695. The highest BCUT2D eigenvalue weighted by atomic mass is 16.6. The second-order valence-corrected chi connectivity index (χ2v) is 9.09. The third-order valence-corrected chi connectivity index (χ3v) is 3.78. The van der Waals surface area contributed by atoms with Gasteiger partial charge in [-0.25, -0.2) is 9.59 Å². The summed E-state index contributed by atoms with van der Waals surface area (Å²) < 4.78 is 21.6. The molecule has 0 bridgehead atoms. The summed E-state index contributed by atoms with van der Waals surface area (Å²) in [6.07, 6.45) is 3.35. The summed E-state index contributed by atoms with van der Waals surface area (Å²) in [5.41, 5.74) is 3.33. The van der Waals surface area contributed by atoms with Gasteiger partial charge in [0.05, 0.1) is 12.0 Å². The molecule has 29 heavy (non-hydrogen) atoms. The van der Waals surface area contributed by atoms with Crippen molar-refractivity contribution >= 4 is 17.7 Å². The summed E-state index contributed by atoms with van der Waals surface area (Å²) in [5, 5.41) is 0. The van der Waals surface area contributed by atoms with E-state index in [2.05, 4.69) is 0 Å². The Labute approximate surface area is 172 Å². The average Bonchev–Trinajstić information content (AvgIpc) is 2.55. The Morgan fingerprint density at radius 1 is 0.966 bits per heavy atom. The number of carbonyl (C=O) groups is 3. The minimum atomic E-state index is -0.892. The molecular weight excluding hydrogens is 378 g/mol. The van der Waals surface area contributed by atoms with Crippen LogP contribution in [0.5, 0.6) is 0 Å². The number of hydrogen-bond donors (Lipinski definition) is 1. The van der Waals surface area contributed by atoms with Gasteiger partial charge in [-0.15, -0.1) is 0 Å². The minimum absolute atomic E-state index is 0.131. The van der Waals surface area contributed by atoms with E-state index < -0.39 is 28.6 Å². The lowest BCUT2D eigenvalue weighted by molar-refractivity contribution is -0.161. The second kappa shape index (κ2) is 9.43. The van der Waals surface area contributed by atoms with E-state index in [0.29, 0.717) is 0 Å². The van der Waals surface area contributed by atoms with Gasteiger partial charge in [-0.2, -0.15) is 0 Å². The maximum absolute atomic E-state index is 12.2. The fraction of sp³-hybridized carbons (Fsp3) is 0.667. The van der Waals surface area contributed by atoms with Crippen LogP contribution in [0.25, 0.3) is 0 Å². The molecule has 1 unspecified atom stereocenters. The molecule has 0 spiro atoms. The molecule has 0 fully saturated rings. The quantitative estimate of drug-likeness (QED) is 0.606. The van der Waals surface area contributed by atoms with Crippen molar-refractivity contribution in [1.82, 2.24) is 0 Å². The Balaban J connectivity index is 2.93. The lowest BCUT2D eigenvalue weighted by Gasteiger charge is -2.30. The van der Waals surface area contributed by atoms with E-state index in [-0.39, 0.29) is 43.5 Å². The zero-order valence-electron chi connectivity index (χ0n) is 18.4. The molecule has 1 aliphatic rings. The molecule has 164 valence electrons. The smallest absolute Gasteiger partial charge is 0.344 e. The van der Waals surface area contributed by atoms with Crippen molar-refractivity contribution in [2.45, 2.75) is 66.1 Å². The highest BCUT2D eigenvalue weighted by Gasteiger charge is 2.35. The molecule has 0 amide bonds. The van der Waals surface area contributed by atoms with Crippen LogP contribution in [-0.2, 0) is 33.3 Å². The van der Waals surface area contributed by atoms with Crippen LogP contribution in [0.2, 0.25) is 0 Å². The number of ether oxygens (including phenoxy) is 4. The van der Waals surface area contributed by atoms with Crippen LogP contribution in [0.4, 0.5) is 0 Å². The third kappa shape index (κ3) is 8.68. The number of Topliss-reactive ketones (excluding diaryl/α,β-unsaturated/α-hetero) is 1. The van der Waals surface area contributed by atoms with Crippen molar-refractivity contribution in [2.75, 3.05) is 19.8 Å².